The van der Waals surface area contributed by atoms with E-state index in [1.807, 2.05) is 6.92 Å². The highest BCUT2D eigenvalue weighted by atomic mass is 79.9. The first-order valence-corrected chi connectivity index (χ1v) is 4.85. The van der Waals surface area contributed by atoms with Crippen LogP contribution < -0.4 is 0 Å². The van der Waals surface area contributed by atoms with Crippen LogP contribution in [0.25, 0.3) is 0 Å². The maximum Gasteiger partial charge on any atom is 0.227 e. The average molecular weight is 247 g/mol. The van der Waals surface area contributed by atoms with Gasteiger partial charge in [0.05, 0.1) is 10.7 Å². The molecule has 0 spiro atoms. The molecule has 13 heavy (non-hydrogen) atoms. The molecule has 3 nitrogen and oxygen atoms in total. The van der Waals surface area contributed by atoms with Crippen molar-refractivity contribution in [2.24, 2.45) is 0 Å². The van der Waals surface area contributed by atoms with Gasteiger partial charge in [-0.3, -0.25) is 4.79 Å². The fourth-order valence-corrected chi connectivity index (χ4v) is 1.38. The first-order valence-electron chi connectivity index (χ1n) is 4.05. The van der Waals surface area contributed by atoms with Crippen molar-refractivity contribution in [3.63, 3.8) is 0 Å². The Morgan fingerprint density at radius 3 is 2.92 bits per heavy atom. The Balaban J connectivity index is 2.73. The van der Waals surface area contributed by atoms with Crippen LogP contribution >= 0.6 is 15.9 Å². The second-order valence-corrected chi connectivity index (χ2v) is 3.41. The highest BCUT2D eigenvalue weighted by Gasteiger charge is 2.20. The number of halogens is 1. The van der Waals surface area contributed by atoms with E-state index in [2.05, 4.69) is 15.9 Å². The molecule has 0 radical (unpaired) electrons. The molecule has 4 heteroatoms. The molecule has 0 aliphatic rings. The molecule has 0 bridgehead atoms. The van der Waals surface area contributed by atoms with Gasteiger partial charge in [0.25, 0.3) is 0 Å². The Morgan fingerprint density at radius 2 is 2.46 bits per heavy atom. The van der Waals surface area contributed by atoms with Crippen molar-refractivity contribution in [3.05, 3.63) is 22.6 Å². The van der Waals surface area contributed by atoms with Crippen LogP contribution in [-0.4, -0.2) is 18.5 Å². The van der Waals surface area contributed by atoms with Gasteiger partial charge in [-0.1, -0.05) is 0 Å². The number of rotatable bonds is 4. The SMILES string of the molecule is CCOC(C)C(=O)c1occc1Br. The topological polar surface area (TPSA) is 39.4 Å². The van der Waals surface area contributed by atoms with E-state index in [1.54, 1.807) is 13.0 Å². The average Bonchev–Trinajstić information content (AvgIpc) is 2.50. The second-order valence-electron chi connectivity index (χ2n) is 2.56. The van der Waals surface area contributed by atoms with E-state index in [0.717, 1.165) is 0 Å². The summed E-state index contributed by atoms with van der Waals surface area (Å²) in [5.74, 6) is 0.180. The Bertz CT molecular complexity index is 293. The van der Waals surface area contributed by atoms with Crippen molar-refractivity contribution in [2.45, 2.75) is 20.0 Å². The summed E-state index contributed by atoms with van der Waals surface area (Å²) in [6.45, 7) is 4.08. The summed E-state index contributed by atoms with van der Waals surface area (Å²) >= 11 is 3.22. The standard InChI is InChI=1S/C9H11BrO3/c1-3-12-6(2)8(11)9-7(10)4-5-13-9/h4-6H,3H2,1-2H3. The lowest BCUT2D eigenvalue weighted by Gasteiger charge is -2.07. The van der Waals surface area contributed by atoms with E-state index in [-0.39, 0.29) is 5.78 Å². The number of ether oxygens (including phenoxy) is 1. The first-order chi connectivity index (χ1) is 6.16. The van der Waals surface area contributed by atoms with Gasteiger partial charge in [-0.05, 0) is 35.8 Å². The Labute approximate surface area is 85.2 Å². The minimum absolute atomic E-state index is 0.140. The minimum atomic E-state index is -0.451. The van der Waals surface area contributed by atoms with Crippen LogP contribution in [0.5, 0.6) is 0 Å². The molecule has 1 heterocycles. The predicted molar refractivity (Wildman–Crippen MR) is 51.8 cm³/mol. The molecule has 0 amide bonds. The van der Waals surface area contributed by atoms with Crippen molar-refractivity contribution < 1.29 is 13.9 Å². The van der Waals surface area contributed by atoms with Gasteiger partial charge < -0.3 is 9.15 Å². The van der Waals surface area contributed by atoms with Crippen LogP contribution in [0.2, 0.25) is 0 Å². The number of Topliss-reactive ketones (excluding diaryl/α,β-unsaturated/α-hetero) is 1. The number of ketones is 1. The van der Waals surface area contributed by atoms with Gasteiger partial charge in [-0.15, -0.1) is 0 Å². The smallest absolute Gasteiger partial charge is 0.227 e. The molecule has 1 rings (SSSR count). The summed E-state index contributed by atoms with van der Waals surface area (Å²) < 4.78 is 10.8. The third-order valence-electron chi connectivity index (χ3n) is 1.63. The molecule has 0 aliphatic carbocycles. The second kappa shape index (κ2) is 4.58. The molecular formula is C9H11BrO3. The van der Waals surface area contributed by atoms with E-state index in [9.17, 15) is 4.79 Å². The number of carbonyl (C=O) groups is 1. The highest BCUT2D eigenvalue weighted by molar-refractivity contribution is 9.10. The van der Waals surface area contributed by atoms with E-state index in [0.29, 0.717) is 16.8 Å². The fraction of sp³-hybridized carbons (Fsp3) is 0.444. The van der Waals surface area contributed by atoms with Crippen LogP contribution in [-0.2, 0) is 4.74 Å². The maximum absolute atomic E-state index is 11.6. The molecule has 1 aromatic rings. The van der Waals surface area contributed by atoms with Gasteiger partial charge in [0, 0.05) is 6.61 Å². The lowest BCUT2D eigenvalue weighted by Crippen LogP contribution is -2.20. The Kier molecular flexibility index (Phi) is 3.69. The summed E-state index contributed by atoms with van der Waals surface area (Å²) in [6.07, 6.45) is 1.02. The Hall–Kier alpha value is -0.610. The Morgan fingerprint density at radius 1 is 1.77 bits per heavy atom. The molecular weight excluding hydrogens is 236 g/mol. The third-order valence-corrected chi connectivity index (χ3v) is 2.25. The van der Waals surface area contributed by atoms with Crippen LogP contribution in [0, 0.1) is 0 Å². The predicted octanol–water partition coefficient (Wildman–Crippen LogP) is 2.65. The lowest BCUT2D eigenvalue weighted by atomic mass is 10.2. The summed E-state index contributed by atoms with van der Waals surface area (Å²) in [7, 11) is 0. The molecule has 0 saturated heterocycles. The zero-order valence-electron chi connectivity index (χ0n) is 7.54. The summed E-state index contributed by atoms with van der Waals surface area (Å²) in [4.78, 5) is 11.6. The molecule has 1 atom stereocenters. The lowest BCUT2D eigenvalue weighted by molar-refractivity contribution is 0.0494. The quantitative estimate of drug-likeness (QED) is 0.768. The summed E-state index contributed by atoms with van der Waals surface area (Å²) in [6, 6.07) is 1.69. The van der Waals surface area contributed by atoms with Crippen LogP contribution in [0.1, 0.15) is 24.4 Å². The van der Waals surface area contributed by atoms with E-state index >= 15 is 0 Å². The van der Waals surface area contributed by atoms with Crippen molar-refractivity contribution in [1.82, 2.24) is 0 Å². The zero-order valence-corrected chi connectivity index (χ0v) is 9.13. The van der Waals surface area contributed by atoms with Gasteiger partial charge in [-0.2, -0.15) is 0 Å². The van der Waals surface area contributed by atoms with Gasteiger partial charge in [0.2, 0.25) is 5.78 Å². The van der Waals surface area contributed by atoms with Gasteiger partial charge >= 0.3 is 0 Å². The normalized spacial score (nSPS) is 12.8. The molecule has 0 fully saturated rings. The van der Waals surface area contributed by atoms with Crippen LogP contribution in [0.3, 0.4) is 0 Å². The zero-order chi connectivity index (χ0) is 9.84. The molecule has 0 aromatic carbocycles. The molecule has 72 valence electrons. The molecule has 0 aliphatic heterocycles. The van der Waals surface area contributed by atoms with Gasteiger partial charge in [0.1, 0.15) is 6.10 Å². The van der Waals surface area contributed by atoms with Crippen molar-refractivity contribution in [1.29, 1.82) is 0 Å². The first kappa shape index (κ1) is 10.5. The number of hydrogen-bond donors (Lipinski definition) is 0. The monoisotopic (exact) mass is 246 g/mol. The minimum Gasteiger partial charge on any atom is -0.460 e. The van der Waals surface area contributed by atoms with Crippen LogP contribution in [0.4, 0.5) is 0 Å². The van der Waals surface area contributed by atoms with E-state index < -0.39 is 6.10 Å². The number of carbonyl (C=O) groups excluding carboxylic acids is 1. The summed E-state index contributed by atoms with van der Waals surface area (Å²) in [5, 5.41) is 0. The van der Waals surface area contributed by atoms with Gasteiger partial charge in [0.15, 0.2) is 5.76 Å². The maximum atomic E-state index is 11.6. The highest BCUT2D eigenvalue weighted by Crippen LogP contribution is 2.19. The van der Waals surface area contributed by atoms with Gasteiger partial charge in [-0.25, -0.2) is 0 Å². The molecule has 0 N–H and O–H groups in total. The molecule has 0 saturated carbocycles. The van der Waals surface area contributed by atoms with E-state index in [4.69, 9.17) is 9.15 Å². The largest absolute Gasteiger partial charge is 0.460 e. The van der Waals surface area contributed by atoms with Crippen molar-refractivity contribution in [3.8, 4) is 0 Å². The van der Waals surface area contributed by atoms with Crippen molar-refractivity contribution in [2.75, 3.05) is 6.61 Å². The third kappa shape index (κ3) is 2.42. The summed E-state index contributed by atoms with van der Waals surface area (Å²) in [5.41, 5.74) is 0. The van der Waals surface area contributed by atoms with E-state index in [1.165, 1.54) is 6.26 Å². The fourth-order valence-electron chi connectivity index (χ4n) is 0.980. The van der Waals surface area contributed by atoms with Crippen LogP contribution in [0.15, 0.2) is 21.2 Å². The number of furan rings is 1. The number of hydrogen-bond acceptors (Lipinski definition) is 3. The molecule has 1 unspecified atom stereocenters. The van der Waals surface area contributed by atoms with Crippen molar-refractivity contribution >= 4 is 21.7 Å². The molecule has 1 aromatic heterocycles.